The standard InChI is InChI=1S/C16H14ClF2N5/c17-16-22-14(21-11-6-9(18)5-10(19)7-11)13-15(23-16)24(8-20-13)12-3-1-2-4-12/h5-8,12H,1-4H2,(H,21,22,23). The highest BCUT2D eigenvalue weighted by atomic mass is 35.5. The molecule has 2 aromatic heterocycles. The van der Waals surface area contributed by atoms with Gasteiger partial charge in [-0.05, 0) is 36.6 Å². The van der Waals surface area contributed by atoms with E-state index >= 15 is 0 Å². The molecule has 1 aromatic carbocycles. The van der Waals surface area contributed by atoms with Crippen LogP contribution in [0, 0.1) is 11.6 Å². The Hall–Kier alpha value is -2.28. The fourth-order valence-electron chi connectivity index (χ4n) is 3.19. The van der Waals surface area contributed by atoms with E-state index in [4.69, 9.17) is 11.6 Å². The zero-order chi connectivity index (χ0) is 16.7. The van der Waals surface area contributed by atoms with Crippen molar-refractivity contribution in [2.24, 2.45) is 0 Å². The molecule has 2 heterocycles. The number of anilines is 2. The molecule has 0 unspecified atom stereocenters. The lowest BCUT2D eigenvalue weighted by atomic mass is 10.2. The summed E-state index contributed by atoms with van der Waals surface area (Å²) in [6.45, 7) is 0. The van der Waals surface area contributed by atoms with Gasteiger partial charge in [-0.2, -0.15) is 9.97 Å². The summed E-state index contributed by atoms with van der Waals surface area (Å²) >= 11 is 6.04. The molecule has 1 saturated carbocycles. The second-order valence-corrected chi connectivity index (χ2v) is 6.22. The van der Waals surface area contributed by atoms with Gasteiger partial charge in [0, 0.05) is 17.8 Å². The van der Waals surface area contributed by atoms with Crippen molar-refractivity contribution in [1.82, 2.24) is 19.5 Å². The zero-order valence-corrected chi connectivity index (χ0v) is 13.4. The van der Waals surface area contributed by atoms with Gasteiger partial charge in [0.05, 0.1) is 6.33 Å². The van der Waals surface area contributed by atoms with Gasteiger partial charge in [-0.25, -0.2) is 13.8 Å². The Labute approximate surface area is 141 Å². The molecule has 0 spiro atoms. The molecule has 124 valence electrons. The van der Waals surface area contributed by atoms with Crippen molar-refractivity contribution in [2.75, 3.05) is 5.32 Å². The van der Waals surface area contributed by atoms with Crippen LogP contribution < -0.4 is 5.32 Å². The molecule has 1 fully saturated rings. The number of nitrogens with one attached hydrogen (secondary N) is 1. The second-order valence-electron chi connectivity index (χ2n) is 5.89. The summed E-state index contributed by atoms with van der Waals surface area (Å²) in [5, 5.41) is 2.94. The summed E-state index contributed by atoms with van der Waals surface area (Å²) in [6.07, 6.45) is 6.23. The van der Waals surface area contributed by atoms with Crippen LogP contribution in [-0.2, 0) is 0 Å². The van der Waals surface area contributed by atoms with Crippen molar-refractivity contribution in [3.63, 3.8) is 0 Å². The number of hydrogen-bond acceptors (Lipinski definition) is 4. The molecule has 3 aromatic rings. The van der Waals surface area contributed by atoms with Gasteiger partial charge < -0.3 is 9.88 Å². The van der Waals surface area contributed by atoms with Crippen LogP contribution in [0.1, 0.15) is 31.7 Å². The van der Waals surface area contributed by atoms with E-state index in [9.17, 15) is 8.78 Å². The van der Waals surface area contributed by atoms with Gasteiger partial charge in [0.2, 0.25) is 5.28 Å². The summed E-state index contributed by atoms with van der Waals surface area (Å²) in [6, 6.07) is 3.51. The molecule has 0 aliphatic heterocycles. The third-order valence-electron chi connectivity index (χ3n) is 4.24. The molecule has 0 atom stereocenters. The third-order valence-corrected chi connectivity index (χ3v) is 4.41. The van der Waals surface area contributed by atoms with Crippen LogP contribution in [0.4, 0.5) is 20.3 Å². The number of fused-ring (bicyclic) bond motifs is 1. The first-order valence-electron chi connectivity index (χ1n) is 7.73. The van der Waals surface area contributed by atoms with E-state index in [0.717, 1.165) is 18.9 Å². The molecule has 1 aliphatic carbocycles. The molecular weight excluding hydrogens is 336 g/mol. The zero-order valence-electron chi connectivity index (χ0n) is 12.6. The lowest BCUT2D eigenvalue weighted by molar-refractivity contribution is 0.529. The van der Waals surface area contributed by atoms with Gasteiger partial charge in [-0.1, -0.05) is 12.8 Å². The molecule has 24 heavy (non-hydrogen) atoms. The number of halogens is 3. The van der Waals surface area contributed by atoms with Crippen molar-refractivity contribution in [3.05, 3.63) is 41.4 Å². The summed E-state index contributed by atoms with van der Waals surface area (Å²) in [7, 11) is 0. The number of nitrogens with zero attached hydrogens (tertiary/aromatic N) is 4. The summed E-state index contributed by atoms with van der Waals surface area (Å²) in [4.78, 5) is 12.8. The van der Waals surface area contributed by atoms with Crippen LogP contribution in [0.5, 0.6) is 0 Å². The molecule has 5 nitrogen and oxygen atoms in total. The van der Waals surface area contributed by atoms with Gasteiger partial charge in [-0.15, -0.1) is 0 Å². The van der Waals surface area contributed by atoms with E-state index in [0.29, 0.717) is 23.0 Å². The molecule has 4 rings (SSSR count). The Morgan fingerprint density at radius 1 is 1.08 bits per heavy atom. The minimum Gasteiger partial charge on any atom is -0.338 e. The maximum atomic E-state index is 13.4. The van der Waals surface area contributed by atoms with E-state index in [1.54, 1.807) is 6.33 Å². The Balaban J connectivity index is 1.77. The Morgan fingerprint density at radius 3 is 2.50 bits per heavy atom. The lowest BCUT2D eigenvalue weighted by Crippen LogP contribution is -2.05. The topological polar surface area (TPSA) is 55.6 Å². The van der Waals surface area contributed by atoms with Gasteiger partial charge in [0.15, 0.2) is 17.0 Å². The van der Waals surface area contributed by atoms with Crippen LogP contribution in [0.25, 0.3) is 11.2 Å². The van der Waals surface area contributed by atoms with E-state index < -0.39 is 11.6 Å². The van der Waals surface area contributed by atoms with Gasteiger partial charge in [0.25, 0.3) is 0 Å². The Morgan fingerprint density at radius 2 is 1.79 bits per heavy atom. The molecular formula is C16H14ClF2N5. The third kappa shape index (κ3) is 2.80. The average molecular weight is 350 g/mol. The largest absolute Gasteiger partial charge is 0.338 e. The number of aromatic nitrogens is 4. The molecule has 8 heteroatoms. The fraction of sp³-hybridized carbons (Fsp3) is 0.312. The first kappa shape index (κ1) is 15.3. The molecule has 0 saturated heterocycles. The molecule has 0 bridgehead atoms. The van der Waals surface area contributed by atoms with Crippen LogP contribution in [-0.4, -0.2) is 19.5 Å². The van der Waals surface area contributed by atoms with Crippen molar-refractivity contribution in [2.45, 2.75) is 31.7 Å². The summed E-state index contributed by atoms with van der Waals surface area (Å²) in [5.41, 5.74) is 1.39. The quantitative estimate of drug-likeness (QED) is 0.701. The minimum atomic E-state index is -0.676. The predicted octanol–water partition coefficient (Wildman–Crippen LogP) is 4.62. The molecule has 1 aliphatic rings. The van der Waals surface area contributed by atoms with E-state index in [1.807, 2.05) is 4.57 Å². The van der Waals surface area contributed by atoms with E-state index in [1.165, 1.54) is 25.0 Å². The minimum absolute atomic E-state index is 0.0571. The van der Waals surface area contributed by atoms with Gasteiger partial charge >= 0.3 is 0 Å². The van der Waals surface area contributed by atoms with Crippen LogP contribution >= 0.6 is 11.6 Å². The first-order chi connectivity index (χ1) is 11.6. The van der Waals surface area contributed by atoms with Crippen LogP contribution in [0.2, 0.25) is 5.28 Å². The smallest absolute Gasteiger partial charge is 0.226 e. The Kier molecular flexibility index (Phi) is 3.80. The normalized spacial score (nSPS) is 15.3. The fourth-order valence-corrected chi connectivity index (χ4v) is 3.35. The monoisotopic (exact) mass is 349 g/mol. The lowest BCUT2D eigenvalue weighted by Gasteiger charge is -2.12. The first-order valence-corrected chi connectivity index (χ1v) is 8.11. The van der Waals surface area contributed by atoms with Crippen molar-refractivity contribution < 1.29 is 8.78 Å². The van der Waals surface area contributed by atoms with Crippen LogP contribution in [0.3, 0.4) is 0 Å². The molecule has 0 amide bonds. The number of benzene rings is 1. The van der Waals surface area contributed by atoms with Crippen molar-refractivity contribution in [3.8, 4) is 0 Å². The van der Waals surface area contributed by atoms with Gasteiger partial charge in [0.1, 0.15) is 11.6 Å². The summed E-state index contributed by atoms with van der Waals surface area (Å²) in [5.74, 6) is -1.03. The highest BCUT2D eigenvalue weighted by Gasteiger charge is 2.21. The number of rotatable bonds is 3. The second kappa shape index (κ2) is 5.98. The highest BCUT2D eigenvalue weighted by Crippen LogP contribution is 2.33. The predicted molar refractivity (Wildman–Crippen MR) is 87.5 cm³/mol. The van der Waals surface area contributed by atoms with E-state index in [-0.39, 0.29) is 11.0 Å². The molecule has 0 radical (unpaired) electrons. The SMILES string of the molecule is Fc1cc(F)cc(Nc2nc(Cl)nc3c2ncn3C2CCCC2)c1. The van der Waals surface area contributed by atoms with Crippen LogP contribution in [0.15, 0.2) is 24.5 Å². The number of hydrogen-bond donors (Lipinski definition) is 1. The molecule has 1 N–H and O–H groups in total. The van der Waals surface area contributed by atoms with Crippen molar-refractivity contribution >= 4 is 34.3 Å². The number of imidazole rings is 1. The van der Waals surface area contributed by atoms with E-state index in [2.05, 4.69) is 20.3 Å². The average Bonchev–Trinajstić information content (AvgIpc) is 3.14. The Bertz CT molecular complexity index is 885. The summed E-state index contributed by atoms with van der Waals surface area (Å²) < 4.78 is 28.8. The highest BCUT2D eigenvalue weighted by molar-refractivity contribution is 6.28. The van der Waals surface area contributed by atoms with Gasteiger partial charge in [-0.3, -0.25) is 0 Å². The maximum Gasteiger partial charge on any atom is 0.226 e. The van der Waals surface area contributed by atoms with Crippen molar-refractivity contribution in [1.29, 1.82) is 0 Å². The maximum absolute atomic E-state index is 13.4.